The minimum Gasteiger partial charge on any atom is -0.469 e. The predicted octanol–water partition coefficient (Wildman–Crippen LogP) is 0.864. The maximum Gasteiger partial charge on any atom is 0.315 e. The fourth-order valence-corrected chi connectivity index (χ4v) is 1.27. The van der Waals surface area contributed by atoms with E-state index in [1.807, 2.05) is 6.92 Å². The van der Waals surface area contributed by atoms with Crippen LogP contribution in [-0.2, 0) is 20.7 Å². The number of H-pyrrole nitrogens is 1. The van der Waals surface area contributed by atoms with Crippen LogP contribution in [0.5, 0.6) is 0 Å². The van der Waals surface area contributed by atoms with Gasteiger partial charge >= 0.3 is 5.97 Å². The lowest BCUT2D eigenvalue weighted by molar-refractivity contribution is -0.142. The number of ether oxygens (including phenoxy) is 1. The average Bonchev–Trinajstić information content (AvgIpc) is 2.66. The zero-order chi connectivity index (χ0) is 12.0. The number of hydrogen-bond donors (Lipinski definition) is 2. The number of amides is 1. The summed E-state index contributed by atoms with van der Waals surface area (Å²) in [6.07, 6.45) is 3.15. The van der Waals surface area contributed by atoms with E-state index in [2.05, 4.69) is 20.3 Å². The number of carbonyl (C=O) groups is 2. The van der Waals surface area contributed by atoms with Crippen molar-refractivity contribution in [3.8, 4) is 0 Å². The lowest BCUT2D eigenvalue weighted by atomic mass is 10.2. The van der Waals surface area contributed by atoms with Crippen molar-refractivity contribution in [2.24, 2.45) is 0 Å². The van der Waals surface area contributed by atoms with Crippen LogP contribution in [0.2, 0.25) is 0 Å². The molecule has 0 aliphatic rings. The van der Waals surface area contributed by atoms with Crippen molar-refractivity contribution in [3.05, 3.63) is 11.8 Å². The Labute approximate surface area is 93.4 Å². The summed E-state index contributed by atoms with van der Waals surface area (Å²) in [5.74, 6) is -0.418. The third-order valence-electron chi connectivity index (χ3n) is 2.03. The summed E-state index contributed by atoms with van der Waals surface area (Å²) < 4.78 is 4.39. The molecule has 0 unspecified atom stereocenters. The number of rotatable bonds is 5. The standard InChI is InChI=1S/C10H15N3O3/c1-3-4-7-6-11-13-10(7)12-8(14)5-9(15)16-2/h6H,3-5H2,1-2H3,(H2,11,12,13,14). The fourth-order valence-electron chi connectivity index (χ4n) is 1.27. The van der Waals surface area contributed by atoms with E-state index in [9.17, 15) is 9.59 Å². The van der Waals surface area contributed by atoms with Crippen LogP contribution in [0.25, 0.3) is 0 Å². The molecule has 1 amide bonds. The molecule has 6 nitrogen and oxygen atoms in total. The highest BCUT2D eigenvalue weighted by Gasteiger charge is 2.12. The Kier molecular flexibility index (Phi) is 4.50. The fraction of sp³-hybridized carbons (Fsp3) is 0.500. The average molecular weight is 225 g/mol. The highest BCUT2D eigenvalue weighted by molar-refractivity contribution is 6.01. The van der Waals surface area contributed by atoms with Crippen molar-refractivity contribution in [2.45, 2.75) is 26.2 Å². The normalized spacial score (nSPS) is 9.88. The van der Waals surface area contributed by atoms with E-state index < -0.39 is 11.9 Å². The van der Waals surface area contributed by atoms with Crippen LogP contribution in [-0.4, -0.2) is 29.2 Å². The highest BCUT2D eigenvalue weighted by Crippen LogP contribution is 2.13. The van der Waals surface area contributed by atoms with Crippen LogP contribution in [0, 0.1) is 0 Å². The van der Waals surface area contributed by atoms with Gasteiger partial charge in [-0.1, -0.05) is 13.3 Å². The number of carbonyl (C=O) groups excluding carboxylic acids is 2. The van der Waals surface area contributed by atoms with Crippen molar-refractivity contribution in [3.63, 3.8) is 0 Å². The maximum atomic E-state index is 11.4. The third-order valence-corrected chi connectivity index (χ3v) is 2.03. The molecule has 0 fully saturated rings. The molecule has 0 aromatic carbocycles. The zero-order valence-electron chi connectivity index (χ0n) is 9.37. The van der Waals surface area contributed by atoms with Gasteiger partial charge in [-0.25, -0.2) is 0 Å². The minimum atomic E-state index is -0.561. The summed E-state index contributed by atoms with van der Waals surface area (Å²) in [6, 6.07) is 0. The van der Waals surface area contributed by atoms with Crippen molar-refractivity contribution in [1.82, 2.24) is 10.2 Å². The quantitative estimate of drug-likeness (QED) is 0.575. The van der Waals surface area contributed by atoms with Gasteiger partial charge in [0.05, 0.1) is 13.3 Å². The van der Waals surface area contributed by atoms with Crippen molar-refractivity contribution < 1.29 is 14.3 Å². The maximum absolute atomic E-state index is 11.4. The van der Waals surface area contributed by atoms with Crippen LogP contribution in [0.1, 0.15) is 25.3 Å². The van der Waals surface area contributed by atoms with Gasteiger partial charge in [0.15, 0.2) is 0 Å². The topological polar surface area (TPSA) is 84.1 Å². The molecule has 0 atom stereocenters. The number of esters is 1. The summed E-state index contributed by atoms with van der Waals surface area (Å²) in [5, 5.41) is 9.10. The molecule has 0 aliphatic heterocycles. The molecule has 16 heavy (non-hydrogen) atoms. The zero-order valence-corrected chi connectivity index (χ0v) is 9.37. The van der Waals surface area contributed by atoms with Gasteiger partial charge < -0.3 is 10.1 Å². The van der Waals surface area contributed by atoms with Gasteiger partial charge in [0.2, 0.25) is 5.91 Å². The van der Waals surface area contributed by atoms with Crippen molar-refractivity contribution in [1.29, 1.82) is 0 Å². The number of anilines is 1. The van der Waals surface area contributed by atoms with Crippen LogP contribution < -0.4 is 5.32 Å². The molecule has 88 valence electrons. The van der Waals surface area contributed by atoms with Crippen LogP contribution >= 0.6 is 0 Å². The number of nitrogens with zero attached hydrogens (tertiary/aromatic N) is 1. The Hall–Kier alpha value is -1.85. The smallest absolute Gasteiger partial charge is 0.315 e. The van der Waals surface area contributed by atoms with Crippen LogP contribution in [0.15, 0.2) is 6.20 Å². The molecule has 0 saturated carbocycles. The van der Waals surface area contributed by atoms with Gasteiger partial charge in [-0.3, -0.25) is 14.7 Å². The van der Waals surface area contributed by atoms with E-state index in [0.717, 1.165) is 18.4 Å². The molecule has 1 aromatic rings. The third kappa shape index (κ3) is 3.38. The molecule has 2 N–H and O–H groups in total. The minimum absolute atomic E-state index is 0.291. The number of aromatic nitrogens is 2. The molecule has 1 heterocycles. The van der Waals surface area contributed by atoms with E-state index in [4.69, 9.17) is 0 Å². The van der Waals surface area contributed by atoms with Gasteiger partial charge in [0.1, 0.15) is 12.2 Å². The second-order valence-electron chi connectivity index (χ2n) is 3.32. The number of aromatic amines is 1. The Bertz CT molecular complexity index is 373. The van der Waals surface area contributed by atoms with Crippen molar-refractivity contribution >= 4 is 17.7 Å². The van der Waals surface area contributed by atoms with Crippen molar-refractivity contribution in [2.75, 3.05) is 12.4 Å². The number of aryl methyl sites for hydroxylation is 1. The summed E-state index contributed by atoms with van der Waals surface area (Å²) in [5.41, 5.74) is 0.931. The van der Waals surface area contributed by atoms with Crippen LogP contribution in [0.3, 0.4) is 0 Å². The molecule has 0 spiro atoms. The van der Waals surface area contributed by atoms with Crippen LogP contribution in [0.4, 0.5) is 5.82 Å². The second kappa shape index (κ2) is 5.89. The summed E-state index contributed by atoms with van der Waals surface area (Å²) >= 11 is 0. The lowest BCUT2D eigenvalue weighted by Crippen LogP contribution is -2.18. The molecule has 1 rings (SSSR count). The van der Waals surface area contributed by atoms with Gasteiger partial charge in [-0.2, -0.15) is 5.10 Å². The first kappa shape index (κ1) is 12.2. The first-order chi connectivity index (χ1) is 7.67. The molecule has 6 heteroatoms. The molecule has 0 bridgehead atoms. The molecule has 1 aromatic heterocycles. The predicted molar refractivity (Wildman–Crippen MR) is 57.8 cm³/mol. The van der Waals surface area contributed by atoms with E-state index in [1.165, 1.54) is 7.11 Å². The van der Waals surface area contributed by atoms with E-state index in [1.54, 1.807) is 6.20 Å². The molecular formula is C10H15N3O3. The van der Waals surface area contributed by atoms with Gasteiger partial charge in [-0.05, 0) is 6.42 Å². The monoisotopic (exact) mass is 225 g/mol. The SMILES string of the molecule is CCCc1cn[nH]c1NC(=O)CC(=O)OC. The second-order valence-corrected chi connectivity index (χ2v) is 3.32. The molecule has 0 radical (unpaired) electrons. The Morgan fingerprint density at radius 2 is 2.31 bits per heavy atom. The van der Waals surface area contributed by atoms with Gasteiger partial charge in [-0.15, -0.1) is 0 Å². The number of hydrogen-bond acceptors (Lipinski definition) is 4. The van der Waals surface area contributed by atoms with Gasteiger partial charge in [0.25, 0.3) is 0 Å². The first-order valence-corrected chi connectivity index (χ1v) is 5.06. The lowest BCUT2D eigenvalue weighted by Gasteiger charge is -2.04. The Morgan fingerprint density at radius 3 is 2.94 bits per heavy atom. The summed E-state index contributed by atoms with van der Waals surface area (Å²) in [6.45, 7) is 2.03. The molecular weight excluding hydrogens is 210 g/mol. The number of methoxy groups -OCH3 is 1. The van der Waals surface area contributed by atoms with E-state index in [0.29, 0.717) is 5.82 Å². The molecule has 0 saturated heterocycles. The van der Waals surface area contributed by atoms with Gasteiger partial charge in [0, 0.05) is 5.56 Å². The highest BCUT2D eigenvalue weighted by atomic mass is 16.5. The Morgan fingerprint density at radius 1 is 1.56 bits per heavy atom. The summed E-state index contributed by atoms with van der Waals surface area (Å²) in [4.78, 5) is 22.2. The van der Waals surface area contributed by atoms with E-state index in [-0.39, 0.29) is 6.42 Å². The summed E-state index contributed by atoms with van der Waals surface area (Å²) in [7, 11) is 1.24. The number of nitrogens with one attached hydrogen (secondary N) is 2. The largest absolute Gasteiger partial charge is 0.469 e. The first-order valence-electron chi connectivity index (χ1n) is 5.06. The molecule has 0 aliphatic carbocycles. The van der Waals surface area contributed by atoms with E-state index >= 15 is 0 Å². The Balaban J connectivity index is 2.55.